The van der Waals surface area contributed by atoms with Crippen molar-refractivity contribution in [2.75, 3.05) is 19.5 Å². The topological polar surface area (TPSA) is 47.0 Å². The van der Waals surface area contributed by atoms with Crippen molar-refractivity contribution in [3.8, 4) is 11.4 Å². The second-order valence-electron chi connectivity index (χ2n) is 5.25. The van der Waals surface area contributed by atoms with Crippen molar-refractivity contribution in [1.29, 1.82) is 0 Å². The van der Waals surface area contributed by atoms with Crippen molar-refractivity contribution < 1.29 is 4.74 Å². The maximum atomic E-state index is 5.14. The number of hydrogen-bond donors (Lipinski definition) is 1. The number of nitrogens with one attached hydrogen (secondary N) is 1. The van der Waals surface area contributed by atoms with E-state index in [1.807, 2.05) is 19.2 Å². The Morgan fingerprint density at radius 1 is 1.24 bits per heavy atom. The second kappa shape index (κ2) is 6.12. The summed E-state index contributed by atoms with van der Waals surface area (Å²) in [6.07, 6.45) is 2.43. The number of hydrogen-bond acceptors (Lipinski definition) is 4. The Morgan fingerprint density at radius 2 is 1.95 bits per heavy atom. The van der Waals surface area contributed by atoms with E-state index in [4.69, 9.17) is 9.72 Å². The first kappa shape index (κ1) is 14.5. The van der Waals surface area contributed by atoms with Gasteiger partial charge >= 0.3 is 0 Å². The third-order valence-corrected chi connectivity index (χ3v) is 4.38. The van der Waals surface area contributed by atoms with Crippen LogP contribution in [0, 0.1) is 0 Å². The van der Waals surface area contributed by atoms with Gasteiger partial charge in [-0.3, -0.25) is 0 Å². The van der Waals surface area contributed by atoms with Gasteiger partial charge in [-0.1, -0.05) is 24.3 Å². The molecule has 1 N–H and O–H groups in total. The van der Waals surface area contributed by atoms with Gasteiger partial charge in [-0.15, -0.1) is 0 Å². The maximum absolute atomic E-state index is 5.14. The molecule has 1 aromatic heterocycles. The minimum absolute atomic E-state index is 0.570. The largest absolute Gasteiger partial charge is 0.380 e. The number of methoxy groups -OCH3 is 1. The Labute approximate surface area is 133 Å². The van der Waals surface area contributed by atoms with E-state index in [-0.39, 0.29) is 0 Å². The van der Waals surface area contributed by atoms with E-state index in [1.165, 1.54) is 12.8 Å². The fraction of sp³-hybridized carbons (Fsp3) is 0.375. The Balaban J connectivity index is 1.99. The number of ether oxygens (including phenoxy) is 1. The molecule has 0 amide bonds. The van der Waals surface area contributed by atoms with Gasteiger partial charge in [0.05, 0.1) is 16.8 Å². The van der Waals surface area contributed by atoms with Gasteiger partial charge in [-0.25, -0.2) is 9.97 Å². The monoisotopic (exact) mass is 347 g/mol. The summed E-state index contributed by atoms with van der Waals surface area (Å²) in [6.45, 7) is 0.622. The standard InChI is InChI=1S/C16H18BrN3O/c1-18-16-13(17)14(11-7-8-11)19-15(20-16)12-5-3-10(4-6-12)9-21-2/h3-6,11H,7-9H2,1-2H3,(H,18,19,20). The van der Waals surface area contributed by atoms with Crippen LogP contribution in [0.5, 0.6) is 0 Å². The summed E-state index contributed by atoms with van der Waals surface area (Å²) in [5.74, 6) is 2.19. The first-order valence-corrected chi connectivity index (χ1v) is 7.85. The summed E-state index contributed by atoms with van der Waals surface area (Å²) in [6, 6.07) is 8.21. The van der Waals surface area contributed by atoms with Crippen LogP contribution in [0.1, 0.15) is 30.0 Å². The van der Waals surface area contributed by atoms with Crippen LogP contribution in [0.25, 0.3) is 11.4 Å². The highest BCUT2D eigenvalue weighted by Gasteiger charge is 2.29. The molecule has 1 aliphatic carbocycles. The SMILES string of the molecule is CNc1nc(-c2ccc(COC)cc2)nc(C2CC2)c1Br. The van der Waals surface area contributed by atoms with Crippen molar-refractivity contribution in [2.45, 2.75) is 25.4 Å². The molecular weight excluding hydrogens is 330 g/mol. The molecule has 3 rings (SSSR count). The molecule has 5 heteroatoms. The molecule has 0 radical (unpaired) electrons. The highest BCUT2D eigenvalue weighted by molar-refractivity contribution is 9.10. The van der Waals surface area contributed by atoms with Crippen LogP contribution in [0.2, 0.25) is 0 Å². The van der Waals surface area contributed by atoms with Gasteiger partial charge < -0.3 is 10.1 Å². The van der Waals surface area contributed by atoms with Crippen molar-refractivity contribution >= 4 is 21.7 Å². The van der Waals surface area contributed by atoms with Crippen LogP contribution in [0.15, 0.2) is 28.7 Å². The lowest BCUT2D eigenvalue weighted by atomic mass is 10.1. The van der Waals surface area contributed by atoms with Crippen LogP contribution in [0.3, 0.4) is 0 Å². The third-order valence-electron chi connectivity index (χ3n) is 3.60. The van der Waals surface area contributed by atoms with E-state index in [0.29, 0.717) is 12.5 Å². The molecule has 0 spiro atoms. The number of rotatable bonds is 5. The molecule has 110 valence electrons. The zero-order valence-corrected chi connectivity index (χ0v) is 13.8. The lowest BCUT2D eigenvalue weighted by Gasteiger charge is -2.11. The Kier molecular flexibility index (Phi) is 4.22. The zero-order chi connectivity index (χ0) is 14.8. The summed E-state index contributed by atoms with van der Waals surface area (Å²) >= 11 is 3.62. The van der Waals surface area contributed by atoms with Crippen molar-refractivity contribution in [1.82, 2.24) is 9.97 Å². The van der Waals surface area contributed by atoms with Crippen molar-refractivity contribution in [3.05, 3.63) is 40.0 Å². The van der Waals surface area contributed by atoms with E-state index in [1.54, 1.807) is 7.11 Å². The van der Waals surface area contributed by atoms with Crippen LogP contribution in [-0.4, -0.2) is 24.1 Å². The van der Waals surface area contributed by atoms with E-state index in [0.717, 1.165) is 32.9 Å². The molecule has 0 aliphatic heterocycles. The number of nitrogens with zero attached hydrogens (tertiary/aromatic N) is 2. The molecule has 4 nitrogen and oxygen atoms in total. The summed E-state index contributed by atoms with van der Waals surface area (Å²) < 4.78 is 6.13. The zero-order valence-electron chi connectivity index (χ0n) is 12.2. The molecule has 1 heterocycles. The molecule has 1 saturated carbocycles. The normalized spacial score (nSPS) is 14.2. The number of benzene rings is 1. The van der Waals surface area contributed by atoms with Crippen LogP contribution < -0.4 is 5.32 Å². The maximum Gasteiger partial charge on any atom is 0.161 e. The summed E-state index contributed by atoms with van der Waals surface area (Å²) in [5, 5.41) is 3.14. The van der Waals surface area contributed by atoms with E-state index < -0.39 is 0 Å². The molecule has 21 heavy (non-hydrogen) atoms. The fourth-order valence-corrected chi connectivity index (χ4v) is 3.00. The summed E-state index contributed by atoms with van der Waals surface area (Å²) in [4.78, 5) is 9.37. The van der Waals surface area contributed by atoms with Gasteiger partial charge in [0.15, 0.2) is 5.82 Å². The van der Waals surface area contributed by atoms with Gasteiger partial charge in [0.2, 0.25) is 0 Å². The van der Waals surface area contributed by atoms with E-state index in [9.17, 15) is 0 Å². The first-order valence-electron chi connectivity index (χ1n) is 7.06. The molecular formula is C16H18BrN3O. The predicted octanol–water partition coefficient (Wildman–Crippen LogP) is 3.97. The van der Waals surface area contributed by atoms with Gasteiger partial charge in [0.1, 0.15) is 5.82 Å². The van der Waals surface area contributed by atoms with Crippen LogP contribution >= 0.6 is 15.9 Å². The molecule has 1 aliphatic rings. The molecule has 0 atom stereocenters. The highest BCUT2D eigenvalue weighted by Crippen LogP contribution is 2.44. The smallest absolute Gasteiger partial charge is 0.161 e. The molecule has 1 aromatic carbocycles. The third kappa shape index (κ3) is 3.09. The van der Waals surface area contributed by atoms with Gasteiger partial charge in [0.25, 0.3) is 0 Å². The molecule has 1 fully saturated rings. The number of aromatic nitrogens is 2. The lowest BCUT2D eigenvalue weighted by molar-refractivity contribution is 0.185. The molecule has 0 saturated heterocycles. The van der Waals surface area contributed by atoms with Gasteiger partial charge in [-0.2, -0.15) is 0 Å². The predicted molar refractivity (Wildman–Crippen MR) is 87.4 cm³/mol. The van der Waals surface area contributed by atoms with Crippen molar-refractivity contribution in [2.24, 2.45) is 0 Å². The van der Waals surface area contributed by atoms with Crippen LogP contribution in [0.4, 0.5) is 5.82 Å². The van der Waals surface area contributed by atoms with Gasteiger partial charge in [-0.05, 0) is 34.3 Å². The molecule has 0 bridgehead atoms. The Bertz CT molecular complexity index is 639. The average molecular weight is 348 g/mol. The number of halogens is 1. The summed E-state index contributed by atoms with van der Waals surface area (Å²) in [5.41, 5.74) is 3.29. The minimum Gasteiger partial charge on any atom is -0.380 e. The lowest BCUT2D eigenvalue weighted by Crippen LogP contribution is -2.02. The fourth-order valence-electron chi connectivity index (χ4n) is 2.30. The Hall–Kier alpha value is -1.46. The first-order chi connectivity index (χ1) is 10.2. The van der Waals surface area contributed by atoms with Crippen LogP contribution in [-0.2, 0) is 11.3 Å². The minimum atomic E-state index is 0.570. The second-order valence-corrected chi connectivity index (χ2v) is 6.04. The average Bonchev–Trinajstić information content (AvgIpc) is 3.33. The molecule has 0 unspecified atom stereocenters. The van der Waals surface area contributed by atoms with E-state index in [2.05, 4.69) is 38.4 Å². The van der Waals surface area contributed by atoms with E-state index >= 15 is 0 Å². The highest BCUT2D eigenvalue weighted by atomic mass is 79.9. The van der Waals surface area contributed by atoms with Gasteiger partial charge in [0, 0.05) is 25.6 Å². The Morgan fingerprint density at radius 3 is 2.52 bits per heavy atom. The van der Waals surface area contributed by atoms with Crippen molar-refractivity contribution in [3.63, 3.8) is 0 Å². The quantitative estimate of drug-likeness (QED) is 0.888. The summed E-state index contributed by atoms with van der Waals surface area (Å²) in [7, 11) is 3.59. The number of anilines is 1. The molecule has 2 aromatic rings.